The molecule has 2 aromatic rings. The summed E-state index contributed by atoms with van der Waals surface area (Å²) in [5, 5.41) is 9.66. The summed E-state index contributed by atoms with van der Waals surface area (Å²) in [6.45, 7) is 2.07. The van der Waals surface area contributed by atoms with Gasteiger partial charge in [0.2, 0.25) is 0 Å². The third-order valence-corrected chi connectivity index (χ3v) is 3.30. The van der Waals surface area contributed by atoms with E-state index in [1.54, 1.807) is 0 Å². The van der Waals surface area contributed by atoms with E-state index in [-0.39, 0.29) is 5.84 Å². The molecule has 0 atom stereocenters. The van der Waals surface area contributed by atoms with Crippen LogP contribution >= 0.6 is 15.9 Å². The van der Waals surface area contributed by atoms with Crippen LogP contribution in [0.1, 0.15) is 11.1 Å². The van der Waals surface area contributed by atoms with Crippen molar-refractivity contribution in [3.05, 3.63) is 58.1 Å². The number of nitrogens with two attached hydrogens (primary N) is 2. The maximum Gasteiger partial charge on any atom is 0.146 e. The first-order chi connectivity index (χ1) is 8.58. The Morgan fingerprint density at radius 2 is 1.89 bits per heavy atom. The molecule has 0 bridgehead atoms. The van der Waals surface area contributed by atoms with Crippen LogP contribution in [0.4, 0.5) is 11.4 Å². The van der Waals surface area contributed by atoms with Gasteiger partial charge in [-0.1, -0.05) is 34.1 Å². The molecule has 0 aliphatic carbocycles. The van der Waals surface area contributed by atoms with Crippen molar-refractivity contribution in [1.29, 1.82) is 5.41 Å². The van der Waals surface area contributed by atoms with Gasteiger partial charge in [0.05, 0.1) is 5.56 Å². The molecule has 0 saturated carbocycles. The summed E-state index contributed by atoms with van der Waals surface area (Å²) >= 11 is 3.45. The van der Waals surface area contributed by atoms with Gasteiger partial charge in [0.1, 0.15) is 17.2 Å². The van der Waals surface area contributed by atoms with Crippen LogP contribution in [-0.2, 0) is 0 Å². The molecule has 0 saturated heterocycles. The number of quaternary nitrogens is 1. The van der Waals surface area contributed by atoms with Crippen LogP contribution in [0.15, 0.2) is 46.9 Å². The predicted octanol–water partition coefficient (Wildman–Crippen LogP) is 2.57. The summed E-state index contributed by atoms with van der Waals surface area (Å²) in [5.41, 5.74) is 9.64. The highest BCUT2D eigenvalue weighted by Gasteiger charge is 2.12. The standard InChI is InChI=1S/C14H14BrN3/c1-9-4-2-3-5-12(9)18-13-8-10(15)6-7-11(13)14(16)17/h2-8,18H,1H3,(H3,16,17)/p+1. The fourth-order valence-corrected chi connectivity index (χ4v) is 2.19. The van der Waals surface area contributed by atoms with Crippen LogP contribution in [0, 0.1) is 12.3 Å². The maximum absolute atomic E-state index is 7.61. The summed E-state index contributed by atoms with van der Waals surface area (Å²) in [5.74, 6) is 0.0855. The number of halogens is 1. The van der Waals surface area contributed by atoms with Gasteiger partial charge in [0.15, 0.2) is 0 Å². The minimum absolute atomic E-state index is 0.0855. The average Bonchev–Trinajstić information content (AvgIpc) is 2.32. The molecule has 0 aliphatic heterocycles. The number of amidine groups is 1. The molecule has 0 unspecified atom stereocenters. The van der Waals surface area contributed by atoms with Crippen LogP contribution in [0.5, 0.6) is 0 Å². The van der Waals surface area contributed by atoms with Crippen molar-refractivity contribution in [2.24, 2.45) is 5.73 Å². The van der Waals surface area contributed by atoms with Crippen LogP contribution in [-0.4, -0.2) is 5.84 Å². The molecule has 0 amide bonds. The first-order valence-corrected chi connectivity index (χ1v) is 6.41. The summed E-state index contributed by atoms with van der Waals surface area (Å²) in [4.78, 5) is 0. The molecule has 0 fully saturated rings. The molecule has 18 heavy (non-hydrogen) atoms. The van der Waals surface area contributed by atoms with Gasteiger partial charge in [0.25, 0.3) is 0 Å². The number of aryl methyl sites for hydroxylation is 1. The Bertz CT molecular complexity index is 593. The Balaban J connectivity index is 2.42. The SMILES string of the molecule is Cc1ccccc1[NH2+]c1cc(Br)ccc1C(=N)N. The summed E-state index contributed by atoms with van der Waals surface area (Å²) in [6.07, 6.45) is 0. The van der Waals surface area contributed by atoms with Crippen LogP contribution in [0.25, 0.3) is 0 Å². The van der Waals surface area contributed by atoms with E-state index >= 15 is 0 Å². The van der Waals surface area contributed by atoms with Gasteiger partial charge in [-0.25, -0.2) is 0 Å². The van der Waals surface area contributed by atoms with Crippen molar-refractivity contribution in [3.8, 4) is 0 Å². The Labute approximate surface area is 115 Å². The molecule has 0 radical (unpaired) electrons. The summed E-state index contributed by atoms with van der Waals surface area (Å²) < 4.78 is 0.979. The molecule has 0 aromatic heterocycles. The average molecular weight is 305 g/mol. The third-order valence-electron chi connectivity index (χ3n) is 2.80. The van der Waals surface area contributed by atoms with E-state index in [1.165, 1.54) is 5.56 Å². The zero-order chi connectivity index (χ0) is 13.1. The molecule has 4 heteroatoms. The third kappa shape index (κ3) is 2.78. The Kier molecular flexibility index (Phi) is 3.79. The number of benzene rings is 2. The molecule has 2 aromatic carbocycles. The number of nitrogen functional groups attached to an aromatic ring is 1. The lowest BCUT2D eigenvalue weighted by molar-refractivity contribution is -0.479. The fraction of sp³-hybridized carbons (Fsp3) is 0.0714. The van der Waals surface area contributed by atoms with E-state index in [0.29, 0.717) is 0 Å². The molecule has 0 aliphatic rings. The van der Waals surface area contributed by atoms with Gasteiger partial charge >= 0.3 is 0 Å². The molecule has 3 nitrogen and oxygen atoms in total. The Hall–Kier alpha value is -1.65. The summed E-state index contributed by atoms with van der Waals surface area (Å²) in [7, 11) is 0. The molecule has 0 heterocycles. The monoisotopic (exact) mass is 304 g/mol. The van der Waals surface area contributed by atoms with E-state index in [1.807, 2.05) is 30.3 Å². The van der Waals surface area contributed by atoms with Crippen LogP contribution in [0.3, 0.4) is 0 Å². The van der Waals surface area contributed by atoms with Gasteiger partial charge < -0.3 is 5.73 Å². The van der Waals surface area contributed by atoms with Crippen molar-refractivity contribution in [1.82, 2.24) is 0 Å². The van der Waals surface area contributed by atoms with Gasteiger partial charge in [0, 0.05) is 16.1 Å². The van der Waals surface area contributed by atoms with E-state index in [4.69, 9.17) is 11.1 Å². The fourth-order valence-electron chi connectivity index (χ4n) is 1.81. The second kappa shape index (κ2) is 5.33. The predicted molar refractivity (Wildman–Crippen MR) is 77.6 cm³/mol. The highest BCUT2D eigenvalue weighted by atomic mass is 79.9. The minimum Gasteiger partial charge on any atom is -0.383 e. The Morgan fingerprint density at radius 1 is 1.17 bits per heavy atom. The maximum atomic E-state index is 7.61. The normalized spacial score (nSPS) is 10.3. The first kappa shape index (κ1) is 12.8. The van der Waals surface area contributed by atoms with Gasteiger partial charge in [-0.05, 0) is 25.1 Å². The van der Waals surface area contributed by atoms with Crippen LogP contribution < -0.4 is 11.1 Å². The lowest BCUT2D eigenvalue weighted by Gasteiger charge is -2.08. The number of para-hydroxylation sites is 1. The van der Waals surface area contributed by atoms with Crippen molar-refractivity contribution < 1.29 is 5.32 Å². The largest absolute Gasteiger partial charge is 0.383 e. The van der Waals surface area contributed by atoms with Gasteiger partial charge in [-0.3, -0.25) is 10.7 Å². The zero-order valence-corrected chi connectivity index (χ0v) is 11.7. The number of hydrogen-bond acceptors (Lipinski definition) is 1. The van der Waals surface area contributed by atoms with E-state index in [9.17, 15) is 0 Å². The second-order valence-corrected chi connectivity index (χ2v) is 5.06. The summed E-state index contributed by atoms with van der Waals surface area (Å²) in [6, 6.07) is 13.9. The molecular formula is C14H15BrN3+. The van der Waals surface area contributed by atoms with Gasteiger partial charge in [-0.15, -0.1) is 0 Å². The minimum atomic E-state index is 0.0855. The van der Waals surface area contributed by atoms with Crippen molar-refractivity contribution in [3.63, 3.8) is 0 Å². The van der Waals surface area contributed by atoms with Crippen molar-refractivity contribution in [2.45, 2.75) is 6.92 Å². The molecule has 5 N–H and O–H groups in total. The van der Waals surface area contributed by atoms with E-state index < -0.39 is 0 Å². The topological polar surface area (TPSA) is 66.5 Å². The zero-order valence-electron chi connectivity index (χ0n) is 10.1. The lowest BCUT2D eigenvalue weighted by atomic mass is 10.1. The van der Waals surface area contributed by atoms with E-state index in [2.05, 4.69) is 40.3 Å². The molecular weight excluding hydrogens is 290 g/mol. The highest BCUT2D eigenvalue weighted by molar-refractivity contribution is 9.10. The second-order valence-electron chi connectivity index (χ2n) is 4.15. The number of hydrogen-bond donors (Lipinski definition) is 3. The smallest absolute Gasteiger partial charge is 0.146 e. The Morgan fingerprint density at radius 3 is 2.56 bits per heavy atom. The molecule has 2 rings (SSSR count). The van der Waals surface area contributed by atoms with Gasteiger partial charge in [-0.2, -0.15) is 0 Å². The highest BCUT2D eigenvalue weighted by Crippen LogP contribution is 2.19. The quantitative estimate of drug-likeness (QED) is 0.455. The first-order valence-electron chi connectivity index (χ1n) is 5.62. The number of rotatable bonds is 3. The lowest BCUT2D eigenvalue weighted by Crippen LogP contribution is -2.72. The van der Waals surface area contributed by atoms with Crippen LogP contribution in [0.2, 0.25) is 0 Å². The van der Waals surface area contributed by atoms with Crippen molar-refractivity contribution in [2.75, 3.05) is 0 Å². The van der Waals surface area contributed by atoms with Crippen molar-refractivity contribution >= 4 is 33.1 Å². The van der Waals surface area contributed by atoms with E-state index in [0.717, 1.165) is 21.4 Å². The molecule has 0 spiro atoms. The number of nitrogens with one attached hydrogen (secondary N) is 1. The molecule has 92 valence electrons.